The van der Waals surface area contributed by atoms with Crippen LogP contribution < -0.4 is 5.32 Å². The standard InChI is InChI=1S/C18H21N3O5/c22-15-9-10-16(23)21(15)26-18(25)19-14-8-4-5-11-20(17(14)24)12-13-6-2-1-3-7-13/h1-3,6-7,14H,4-5,8-12H2,(H,19,25)/t14-/m0/s1. The minimum Gasteiger partial charge on any atom is -0.337 e. The summed E-state index contributed by atoms with van der Waals surface area (Å²) in [4.78, 5) is 54.3. The molecule has 1 aromatic carbocycles. The van der Waals surface area contributed by atoms with Crippen LogP contribution in [-0.4, -0.2) is 46.4 Å². The van der Waals surface area contributed by atoms with E-state index in [0.717, 1.165) is 18.4 Å². The molecule has 2 saturated heterocycles. The first-order valence-electron chi connectivity index (χ1n) is 8.71. The zero-order chi connectivity index (χ0) is 18.5. The van der Waals surface area contributed by atoms with Crippen molar-refractivity contribution in [2.24, 2.45) is 0 Å². The van der Waals surface area contributed by atoms with Crippen LogP contribution in [0.15, 0.2) is 30.3 Å². The lowest BCUT2D eigenvalue weighted by atomic mass is 10.1. The van der Waals surface area contributed by atoms with Gasteiger partial charge in [-0.1, -0.05) is 30.3 Å². The Morgan fingerprint density at radius 2 is 1.77 bits per heavy atom. The van der Waals surface area contributed by atoms with Crippen LogP contribution >= 0.6 is 0 Å². The molecule has 8 heteroatoms. The molecule has 2 aliphatic heterocycles. The van der Waals surface area contributed by atoms with E-state index in [9.17, 15) is 19.2 Å². The molecule has 2 fully saturated rings. The highest BCUT2D eigenvalue weighted by atomic mass is 16.7. The van der Waals surface area contributed by atoms with Gasteiger partial charge in [-0.3, -0.25) is 14.4 Å². The van der Waals surface area contributed by atoms with E-state index in [1.165, 1.54) is 0 Å². The smallest absolute Gasteiger partial charge is 0.337 e. The number of likely N-dealkylation sites (tertiary alicyclic amines) is 1. The average molecular weight is 359 g/mol. The molecule has 1 aromatic rings. The second kappa shape index (κ2) is 7.99. The molecule has 0 unspecified atom stereocenters. The van der Waals surface area contributed by atoms with Gasteiger partial charge in [0.2, 0.25) is 5.91 Å². The predicted molar refractivity (Wildman–Crippen MR) is 90.2 cm³/mol. The van der Waals surface area contributed by atoms with E-state index < -0.39 is 23.9 Å². The van der Waals surface area contributed by atoms with Gasteiger partial charge in [-0.15, -0.1) is 5.06 Å². The molecular weight excluding hydrogens is 338 g/mol. The number of hydrogen-bond donors (Lipinski definition) is 1. The van der Waals surface area contributed by atoms with Crippen molar-refractivity contribution in [1.29, 1.82) is 0 Å². The molecule has 0 bridgehead atoms. The van der Waals surface area contributed by atoms with Crippen molar-refractivity contribution < 1.29 is 24.0 Å². The Morgan fingerprint density at radius 1 is 1.08 bits per heavy atom. The van der Waals surface area contributed by atoms with E-state index in [1.54, 1.807) is 4.90 Å². The quantitative estimate of drug-likeness (QED) is 0.819. The number of imide groups is 1. The first kappa shape index (κ1) is 17.9. The summed E-state index contributed by atoms with van der Waals surface area (Å²) in [5.74, 6) is -1.30. The normalized spacial score (nSPS) is 20.9. The number of hydrogen-bond acceptors (Lipinski definition) is 5. The van der Waals surface area contributed by atoms with Gasteiger partial charge in [-0.2, -0.15) is 0 Å². The third-order valence-electron chi connectivity index (χ3n) is 4.47. The van der Waals surface area contributed by atoms with Crippen LogP contribution in [0.2, 0.25) is 0 Å². The largest absolute Gasteiger partial charge is 0.432 e. The highest BCUT2D eigenvalue weighted by molar-refractivity contribution is 6.01. The van der Waals surface area contributed by atoms with Crippen molar-refractivity contribution in [3.8, 4) is 0 Å². The molecule has 2 aliphatic rings. The minimum atomic E-state index is -0.964. The number of carbonyl (C=O) groups is 4. The summed E-state index contributed by atoms with van der Waals surface area (Å²) < 4.78 is 0. The molecular formula is C18H21N3O5. The number of nitrogens with zero attached hydrogens (tertiary/aromatic N) is 2. The van der Waals surface area contributed by atoms with Crippen LogP contribution in [0.4, 0.5) is 4.79 Å². The summed E-state index contributed by atoms with van der Waals surface area (Å²) in [7, 11) is 0. The molecule has 0 aromatic heterocycles. The Bertz CT molecular complexity index is 690. The third kappa shape index (κ3) is 4.19. The predicted octanol–water partition coefficient (Wildman–Crippen LogP) is 1.36. The zero-order valence-corrected chi connectivity index (χ0v) is 14.3. The lowest BCUT2D eigenvalue weighted by molar-refractivity contribution is -0.171. The van der Waals surface area contributed by atoms with E-state index >= 15 is 0 Å². The lowest BCUT2D eigenvalue weighted by Gasteiger charge is -2.25. The van der Waals surface area contributed by atoms with Gasteiger partial charge >= 0.3 is 6.09 Å². The summed E-state index contributed by atoms with van der Waals surface area (Å²) >= 11 is 0. The zero-order valence-electron chi connectivity index (χ0n) is 14.3. The Kier molecular flexibility index (Phi) is 5.50. The highest BCUT2D eigenvalue weighted by Gasteiger charge is 2.35. The maximum Gasteiger partial charge on any atom is 0.432 e. The van der Waals surface area contributed by atoms with E-state index in [4.69, 9.17) is 4.84 Å². The molecule has 26 heavy (non-hydrogen) atoms. The molecule has 0 aliphatic carbocycles. The fraction of sp³-hybridized carbons (Fsp3) is 0.444. The van der Waals surface area contributed by atoms with Gasteiger partial charge in [0.25, 0.3) is 11.8 Å². The van der Waals surface area contributed by atoms with Crippen molar-refractivity contribution in [3.63, 3.8) is 0 Å². The highest BCUT2D eigenvalue weighted by Crippen LogP contribution is 2.16. The second-order valence-electron chi connectivity index (χ2n) is 6.40. The van der Waals surface area contributed by atoms with Gasteiger partial charge in [0.1, 0.15) is 6.04 Å². The Hall–Kier alpha value is -2.90. The second-order valence-corrected chi connectivity index (χ2v) is 6.40. The number of rotatable bonds is 4. The minimum absolute atomic E-state index is 0.0271. The van der Waals surface area contributed by atoms with Crippen molar-refractivity contribution in [1.82, 2.24) is 15.3 Å². The number of amides is 4. The van der Waals surface area contributed by atoms with Crippen LogP contribution in [0.3, 0.4) is 0 Å². The molecule has 0 saturated carbocycles. The maximum atomic E-state index is 12.8. The van der Waals surface area contributed by atoms with Crippen molar-refractivity contribution in [2.75, 3.05) is 6.54 Å². The van der Waals surface area contributed by atoms with Crippen LogP contribution in [0, 0.1) is 0 Å². The van der Waals surface area contributed by atoms with Gasteiger partial charge in [0.15, 0.2) is 0 Å². The van der Waals surface area contributed by atoms with E-state index in [-0.39, 0.29) is 18.7 Å². The number of benzene rings is 1. The Morgan fingerprint density at radius 3 is 2.46 bits per heavy atom. The topological polar surface area (TPSA) is 96.0 Å². The fourth-order valence-corrected chi connectivity index (χ4v) is 3.11. The number of nitrogens with one attached hydrogen (secondary N) is 1. The summed E-state index contributed by atoms with van der Waals surface area (Å²) in [6.07, 6.45) is 1.20. The van der Waals surface area contributed by atoms with Crippen LogP contribution in [0.5, 0.6) is 0 Å². The van der Waals surface area contributed by atoms with E-state index in [2.05, 4.69) is 5.32 Å². The summed E-state index contributed by atoms with van der Waals surface area (Å²) in [6, 6.07) is 8.89. The summed E-state index contributed by atoms with van der Waals surface area (Å²) in [5.41, 5.74) is 1.01. The Balaban J connectivity index is 1.61. The monoisotopic (exact) mass is 359 g/mol. The lowest BCUT2D eigenvalue weighted by Crippen LogP contribution is -2.49. The Labute approximate surface area is 151 Å². The van der Waals surface area contributed by atoms with E-state index in [1.807, 2.05) is 30.3 Å². The number of carbonyl (C=O) groups excluding carboxylic acids is 4. The first-order chi connectivity index (χ1) is 12.5. The average Bonchev–Trinajstić information content (AvgIpc) is 2.84. The molecule has 1 N–H and O–H groups in total. The van der Waals surface area contributed by atoms with Crippen LogP contribution in [0.1, 0.15) is 37.7 Å². The molecule has 0 spiro atoms. The molecule has 0 radical (unpaired) electrons. The van der Waals surface area contributed by atoms with Crippen molar-refractivity contribution in [2.45, 2.75) is 44.7 Å². The van der Waals surface area contributed by atoms with Gasteiger partial charge < -0.3 is 15.1 Å². The molecule has 4 amide bonds. The van der Waals surface area contributed by atoms with Crippen LogP contribution in [0.25, 0.3) is 0 Å². The molecule has 8 nitrogen and oxygen atoms in total. The van der Waals surface area contributed by atoms with Crippen molar-refractivity contribution >= 4 is 23.8 Å². The first-order valence-corrected chi connectivity index (χ1v) is 8.71. The van der Waals surface area contributed by atoms with Gasteiger partial charge in [-0.05, 0) is 24.8 Å². The maximum absolute atomic E-state index is 12.8. The molecule has 3 rings (SSSR count). The van der Waals surface area contributed by atoms with Crippen LogP contribution in [-0.2, 0) is 25.8 Å². The van der Waals surface area contributed by atoms with E-state index in [0.29, 0.717) is 24.6 Å². The van der Waals surface area contributed by atoms with Gasteiger partial charge in [0, 0.05) is 25.9 Å². The third-order valence-corrected chi connectivity index (χ3v) is 4.47. The number of hydroxylamine groups is 2. The SMILES string of the molecule is O=C(N[C@H]1CCCCN(Cc2ccccc2)C1=O)ON1C(=O)CCC1=O. The van der Waals surface area contributed by atoms with Crippen molar-refractivity contribution in [3.05, 3.63) is 35.9 Å². The summed E-state index contributed by atoms with van der Waals surface area (Å²) in [5, 5.41) is 2.96. The molecule has 2 heterocycles. The molecule has 138 valence electrons. The fourth-order valence-electron chi connectivity index (χ4n) is 3.11. The van der Waals surface area contributed by atoms with Gasteiger partial charge in [-0.25, -0.2) is 4.79 Å². The summed E-state index contributed by atoms with van der Waals surface area (Å²) in [6.45, 7) is 1.08. The van der Waals surface area contributed by atoms with Gasteiger partial charge in [0.05, 0.1) is 0 Å². The molecule has 1 atom stereocenters.